The first-order valence-electron chi connectivity index (χ1n) is 12.3. The van der Waals surface area contributed by atoms with Gasteiger partial charge in [0, 0.05) is 23.0 Å². The molecule has 0 amide bonds. The van der Waals surface area contributed by atoms with Crippen LogP contribution in [-0.2, 0) is 0 Å². The molecule has 7 heteroatoms. The summed E-state index contributed by atoms with van der Waals surface area (Å²) in [6.07, 6.45) is 0.857. The van der Waals surface area contributed by atoms with E-state index < -0.39 is 0 Å². The van der Waals surface area contributed by atoms with Crippen LogP contribution in [0.2, 0.25) is 0 Å². The van der Waals surface area contributed by atoms with E-state index in [4.69, 9.17) is 9.97 Å². The summed E-state index contributed by atoms with van der Waals surface area (Å²) in [5, 5.41) is 0. The third-order valence-corrected chi connectivity index (χ3v) is 8.02. The van der Waals surface area contributed by atoms with E-state index in [1.807, 2.05) is 54.6 Å². The molecule has 1 saturated carbocycles. The van der Waals surface area contributed by atoms with Crippen molar-refractivity contribution in [1.82, 2.24) is 23.9 Å². The van der Waals surface area contributed by atoms with Crippen LogP contribution in [0.25, 0.3) is 28.2 Å². The van der Waals surface area contributed by atoms with Gasteiger partial charge in [0.25, 0.3) is 0 Å². The molecule has 174 valence electrons. The van der Waals surface area contributed by atoms with E-state index in [1.165, 1.54) is 4.57 Å². The molecule has 3 heterocycles. The molecule has 2 aromatic heterocycles. The van der Waals surface area contributed by atoms with Gasteiger partial charge in [0.2, 0.25) is 0 Å². The molecule has 1 aliphatic heterocycles. The van der Waals surface area contributed by atoms with Crippen molar-refractivity contribution in [2.24, 2.45) is 0 Å². The second-order valence-corrected chi connectivity index (χ2v) is 9.78. The molecule has 36 heavy (non-hydrogen) atoms. The van der Waals surface area contributed by atoms with Crippen molar-refractivity contribution >= 4 is 0 Å². The normalized spacial score (nSPS) is 22.6. The predicted octanol–water partition coefficient (Wildman–Crippen LogP) is 4.31. The number of para-hydroxylation sites is 1. The standard InChI is InChI=1S/C29H21N5O2/c35-28-32(19-14-8-3-9-15-19)29(36)34-27-21-16-20(26(27)33(28)34)24-25(21)31-23(18-12-6-2-7-13-18)22(30-24)17-10-4-1-5-11-17/h1-15,20-21,26-27H,16H2/t20-,21+,26-,27+. The maximum absolute atomic E-state index is 13.4. The third-order valence-electron chi connectivity index (χ3n) is 8.02. The number of rotatable bonds is 3. The molecule has 0 radical (unpaired) electrons. The summed E-state index contributed by atoms with van der Waals surface area (Å²) in [6, 6.07) is 29.3. The molecule has 2 bridgehead atoms. The summed E-state index contributed by atoms with van der Waals surface area (Å²) < 4.78 is 4.60. The van der Waals surface area contributed by atoms with Crippen molar-refractivity contribution in [3.05, 3.63) is 123 Å². The van der Waals surface area contributed by atoms with Crippen LogP contribution < -0.4 is 11.4 Å². The Bertz CT molecular complexity index is 1660. The number of nitrogens with zero attached hydrogens (tertiary/aromatic N) is 5. The van der Waals surface area contributed by atoms with Gasteiger partial charge in [-0.1, -0.05) is 78.9 Å². The molecule has 1 fully saturated rings. The lowest BCUT2D eigenvalue weighted by Gasteiger charge is -2.42. The number of aromatic nitrogens is 5. The van der Waals surface area contributed by atoms with Gasteiger partial charge in [-0.05, 0) is 18.6 Å². The molecule has 3 aromatic carbocycles. The van der Waals surface area contributed by atoms with Crippen molar-refractivity contribution in [1.29, 1.82) is 0 Å². The maximum atomic E-state index is 13.4. The molecule has 3 aliphatic rings. The first-order valence-corrected chi connectivity index (χ1v) is 12.3. The fourth-order valence-corrected chi connectivity index (χ4v) is 6.55. The number of hydrogen-bond donors (Lipinski definition) is 0. The van der Waals surface area contributed by atoms with Gasteiger partial charge < -0.3 is 0 Å². The predicted molar refractivity (Wildman–Crippen MR) is 135 cm³/mol. The Kier molecular flexibility index (Phi) is 3.84. The van der Waals surface area contributed by atoms with Crippen LogP contribution >= 0.6 is 0 Å². The maximum Gasteiger partial charge on any atom is 0.352 e. The summed E-state index contributed by atoms with van der Waals surface area (Å²) in [4.78, 5) is 37.2. The van der Waals surface area contributed by atoms with Gasteiger partial charge in [-0.25, -0.2) is 33.5 Å². The highest BCUT2D eigenvalue weighted by atomic mass is 16.2. The smallest absolute Gasteiger partial charge is 0.248 e. The number of fused-ring (bicyclic) bond motifs is 11. The SMILES string of the molecule is O=c1n(-c2ccccc2)c(=O)n2n1[C@@H]1[C@H]2[C@@H]2C[C@H]1c1nc(-c3ccccc3)c(-c3ccccc3)nc12. The van der Waals surface area contributed by atoms with Crippen LogP contribution in [0.5, 0.6) is 0 Å². The fraction of sp³-hybridized carbons (Fsp3) is 0.172. The molecule has 5 aromatic rings. The van der Waals surface area contributed by atoms with E-state index in [-0.39, 0.29) is 35.3 Å². The molecule has 8 rings (SSSR count). The van der Waals surface area contributed by atoms with E-state index in [2.05, 4.69) is 24.3 Å². The Labute approximate surface area is 205 Å². The first-order chi connectivity index (χ1) is 17.7. The lowest BCUT2D eigenvalue weighted by atomic mass is 9.87. The van der Waals surface area contributed by atoms with Crippen molar-refractivity contribution in [3.63, 3.8) is 0 Å². The average molecular weight is 472 g/mol. The lowest BCUT2D eigenvalue weighted by molar-refractivity contribution is 0.119. The van der Waals surface area contributed by atoms with Gasteiger partial charge in [-0.3, -0.25) is 0 Å². The van der Waals surface area contributed by atoms with Crippen LogP contribution in [-0.4, -0.2) is 23.9 Å². The largest absolute Gasteiger partial charge is 0.352 e. The van der Waals surface area contributed by atoms with Gasteiger partial charge in [0.15, 0.2) is 0 Å². The van der Waals surface area contributed by atoms with Crippen molar-refractivity contribution in [2.45, 2.75) is 30.3 Å². The summed E-state index contributed by atoms with van der Waals surface area (Å²) in [5.41, 5.74) is 5.73. The van der Waals surface area contributed by atoms with Crippen LogP contribution in [0.1, 0.15) is 41.7 Å². The zero-order valence-electron chi connectivity index (χ0n) is 19.2. The minimum Gasteiger partial charge on any atom is -0.248 e. The quantitative estimate of drug-likeness (QED) is 0.393. The Morgan fingerprint density at radius 3 is 1.44 bits per heavy atom. The molecular formula is C29H21N5O2. The van der Waals surface area contributed by atoms with Crippen molar-refractivity contribution < 1.29 is 0 Å². The Hall–Kier alpha value is -4.52. The highest BCUT2D eigenvalue weighted by Gasteiger charge is 2.62. The molecule has 0 saturated heterocycles. The molecule has 0 spiro atoms. The highest BCUT2D eigenvalue weighted by Crippen LogP contribution is 2.65. The first kappa shape index (κ1) is 19.8. The molecule has 4 atom stereocenters. The zero-order chi connectivity index (χ0) is 24.0. The summed E-state index contributed by atoms with van der Waals surface area (Å²) in [6.45, 7) is 0. The van der Waals surface area contributed by atoms with E-state index in [0.717, 1.165) is 40.3 Å². The monoisotopic (exact) mass is 471 g/mol. The Morgan fingerprint density at radius 1 is 0.583 bits per heavy atom. The second-order valence-electron chi connectivity index (χ2n) is 9.78. The fourth-order valence-electron chi connectivity index (χ4n) is 6.55. The lowest BCUT2D eigenvalue weighted by Crippen LogP contribution is -2.50. The van der Waals surface area contributed by atoms with E-state index in [9.17, 15) is 9.59 Å². The van der Waals surface area contributed by atoms with Gasteiger partial charge in [-0.2, -0.15) is 0 Å². The van der Waals surface area contributed by atoms with Crippen LogP contribution in [0, 0.1) is 0 Å². The summed E-state index contributed by atoms with van der Waals surface area (Å²) >= 11 is 0. The van der Waals surface area contributed by atoms with Crippen LogP contribution in [0.4, 0.5) is 0 Å². The highest BCUT2D eigenvalue weighted by molar-refractivity contribution is 5.78. The van der Waals surface area contributed by atoms with E-state index in [0.29, 0.717) is 5.69 Å². The summed E-state index contributed by atoms with van der Waals surface area (Å²) in [7, 11) is 0. The number of benzene rings is 3. The minimum absolute atomic E-state index is 0.0619. The van der Waals surface area contributed by atoms with Gasteiger partial charge in [0.05, 0.1) is 40.5 Å². The van der Waals surface area contributed by atoms with Crippen molar-refractivity contribution in [2.75, 3.05) is 0 Å². The topological polar surface area (TPSA) is 74.7 Å². The zero-order valence-corrected chi connectivity index (χ0v) is 19.2. The van der Waals surface area contributed by atoms with Crippen molar-refractivity contribution in [3.8, 4) is 28.2 Å². The van der Waals surface area contributed by atoms with E-state index in [1.54, 1.807) is 21.5 Å². The number of hydrogen-bond acceptors (Lipinski definition) is 4. The second kappa shape index (κ2) is 7.01. The van der Waals surface area contributed by atoms with E-state index >= 15 is 0 Å². The van der Waals surface area contributed by atoms with Crippen LogP contribution in [0.3, 0.4) is 0 Å². The van der Waals surface area contributed by atoms with Gasteiger partial charge in [0.1, 0.15) is 0 Å². The van der Waals surface area contributed by atoms with Crippen LogP contribution in [0.15, 0.2) is 101 Å². The Morgan fingerprint density at radius 2 is 1.00 bits per heavy atom. The third kappa shape index (κ3) is 2.42. The van der Waals surface area contributed by atoms with Gasteiger partial charge >= 0.3 is 11.4 Å². The minimum atomic E-state index is -0.279. The average Bonchev–Trinajstić information content (AvgIpc) is 3.49. The Balaban J connectivity index is 1.31. The van der Waals surface area contributed by atoms with Gasteiger partial charge in [-0.15, -0.1) is 0 Å². The molecule has 2 aliphatic carbocycles. The molecule has 0 N–H and O–H groups in total. The molecule has 7 nitrogen and oxygen atoms in total. The summed E-state index contributed by atoms with van der Waals surface area (Å²) in [5.74, 6) is 0.136. The molecular weight excluding hydrogens is 450 g/mol. The molecule has 0 unspecified atom stereocenters.